The molecule has 1 aliphatic rings. The Morgan fingerprint density at radius 3 is 2.52 bits per heavy atom. The predicted octanol–water partition coefficient (Wildman–Crippen LogP) is 1.92. The van der Waals surface area contributed by atoms with Gasteiger partial charge in [-0.25, -0.2) is 0 Å². The van der Waals surface area contributed by atoms with Crippen molar-refractivity contribution in [1.82, 2.24) is 5.32 Å². The summed E-state index contributed by atoms with van der Waals surface area (Å²) in [6, 6.07) is 4.83. The number of ether oxygens (including phenoxy) is 1. The number of hydrogen-bond acceptors (Lipinski definition) is 4. The van der Waals surface area contributed by atoms with Crippen LogP contribution in [0.15, 0.2) is 24.3 Å². The van der Waals surface area contributed by atoms with Gasteiger partial charge in [-0.3, -0.25) is 9.59 Å². The molecule has 0 unspecified atom stereocenters. The number of phenols is 1. The number of carbonyl (C=O) groups is 2. The van der Waals surface area contributed by atoms with Gasteiger partial charge >= 0.3 is 35.5 Å². The van der Waals surface area contributed by atoms with Crippen molar-refractivity contribution in [3.63, 3.8) is 0 Å². The number of amides is 1. The molecule has 0 atom stereocenters. The first-order valence-corrected chi connectivity index (χ1v) is 7.93. The summed E-state index contributed by atoms with van der Waals surface area (Å²) in [6.07, 6.45) is 5.52. The van der Waals surface area contributed by atoms with E-state index in [1.807, 2.05) is 0 Å². The third-order valence-electron chi connectivity index (χ3n) is 4.58. The van der Waals surface area contributed by atoms with E-state index >= 15 is 0 Å². The molecule has 1 aromatic rings. The topological polar surface area (TPSA) is 95.9 Å². The summed E-state index contributed by atoms with van der Waals surface area (Å²) in [5.74, 6) is -0.597. The van der Waals surface area contributed by atoms with Crippen LogP contribution in [0.5, 0.6) is 11.5 Å². The number of rotatable bonds is 5. The van der Waals surface area contributed by atoms with E-state index in [4.69, 9.17) is 4.74 Å². The Balaban J connectivity index is 0.00000312. The molecule has 132 valence electrons. The van der Waals surface area contributed by atoms with Crippen LogP contribution in [0, 0.1) is 5.41 Å². The zero-order valence-corrected chi connectivity index (χ0v) is 13.9. The standard InChI is InChI=1S/C18H23NO5.Na.H/c1-18(17(22)23)9-7-13(8-10-18)19-16(21)6-4-12-3-5-14(20)15(11-12)24-2;;/h3-6,11,13,20H,7-10H2,1-2H3,(H,19,21)(H,22,23);;. The van der Waals surface area contributed by atoms with Gasteiger partial charge in [0, 0.05) is 12.1 Å². The number of aromatic hydroxyl groups is 1. The van der Waals surface area contributed by atoms with Crippen LogP contribution in [0.3, 0.4) is 0 Å². The molecule has 3 N–H and O–H groups in total. The van der Waals surface area contributed by atoms with Gasteiger partial charge in [-0.05, 0) is 56.4 Å². The molecule has 0 aliphatic heterocycles. The molecule has 0 aromatic heterocycles. The summed E-state index contributed by atoms with van der Waals surface area (Å²) in [7, 11) is 1.46. The molecule has 0 saturated heterocycles. The Morgan fingerprint density at radius 1 is 1.32 bits per heavy atom. The van der Waals surface area contributed by atoms with Crippen LogP contribution in [0.2, 0.25) is 0 Å². The number of carboxylic acid groups (broad SMARTS) is 1. The number of carboxylic acids is 1. The van der Waals surface area contributed by atoms with Gasteiger partial charge in [-0.1, -0.05) is 6.07 Å². The third kappa shape index (κ3) is 5.76. The molecule has 1 aromatic carbocycles. The van der Waals surface area contributed by atoms with E-state index in [9.17, 15) is 19.8 Å². The van der Waals surface area contributed by atoms with Gasteiger partial charge in [0.05, 0.1) is 12.5 Å². The quantitative estimate of drug-likeness (QED) is 0.553. The SMILES string of the molecule is COc1cc(C=CC(=O)NC2CCC(C)(C(=O)O)CC2)ccc1O.[NaH]. The predicted molar refractivity (Wildman–Crippen MR) is 97.0 cm³/mol. The van der Waals surface area contributed by atoms with E-state index in [1.54, 1.807) is 25.1 Å². The summed E-state index contributed by atoms with van der Waals surface area (Å²) < 4.78 is 5.02. The molecule has 0 radical (unpaired) electrons. The van der Waals surface area contributed by atoms with Crippen molar-refractivity contribution in [1.29, 1.82) is 0 Å². The summed E-state index contributed by atoms with van der Waals surface area (Å²) >= 11 is 0. The fraction of sp³-hybridized carbons (Fsp3) is 0.444. The first kappa shape index (κ1) is 21.5. The van der Waals surface area contributed by atoms with E-state index in [2.05, 4.69) is 5.32 Å². The van der Waals surface area contributed by atoms with Gasteiger partial charge in [-0.2, -0.15) is 0 Å². The van der Waals surface area contributed by atoms with Crippen LogP contribution in [0.4, 0.5) is 0 Å². The summed E-state index contributed by atoms with van der Waals surface area (Å²) in [5, 5.41) is 21.7. The monoisotopic (exact) mass is 357 g/mol. The molecule has 0 bridgehead atoms. The van der Waals surface area contributed by atoms with Crippen molar-refractivity contribution in [2.45, 2.75) is 38.6 Å². The second-order valence-electron chi connectivity index (χ2n) is 6.41. The molecule has 1 amide bonds. The van der Waals surface area contributed by atoms with Crippen LogP contribution in [-0.4, -0.2) is 64.8 Å². The van der Waals surface area contributed by atoms with Crippen molar-refractivity contribution < 1.29 is 24.5 Å². The zero-order valence-electron chi connectivity index (χ0n) is 13.9. The molecule has 1 aliphatic carbocycles. The summed E-state index contributed by atoms with van der Waals surface area (Å²) in [5.41, 5.74) is 0.0570. The average molecular weight is 357 g/mol. The fourth-order valence-electron chi connectivity index (χ4n) is 2.83. The maximum absolute atomic E-state index is 12.0. The van der Waals surface area contributed by atoms with Crippen LogP contribution in [0.25, 0.3) is 6.08 Å². The van der Waals surface area contributed by atoms with Gasteiger partial charge in [0.2, 0.25) is 5.91 Å². The molecule has 0 heterocycles. The number of hydrogen-bond donors (Lipinski definition) is 3. The number of methoxy groups -OCH3 is 1. The molecule has 6 nitrogen and oxygen atoms in total. The Morgan fingerprint density at radius 2 is 1.96 bits per heavy atom. The number of phenolic OH excluding ortho intramolecular Hbond substituents is 1. The van der Waals surface area contributed by atoms with Crippen LogP contribution < -0.4 is 10.1 Å². The minimum absolute atomic E-state index is 0. The first-order valence-electron chi connectivity index (χ1n) is 7.93. The van der Waals surface area contributed by atoms with Crippen molar-refractivity contribution in [2.75, 3.05) is 7.11 Å². The summed E-state index contributed by atoms with van der Waals surface area (Å²) in [4.78, 5) is 23.2. The molecular formula is C18H24NNaO5. The van der Waals surface area contributed by atoms with E-state index in [0.29, 0.717) is 31.4 Å². The van der Waals surface area contributed by atoms with Crippen molar-refractivity contribution >= 4 is 47.5 Å². The fourth-order valence-corrected chi connectivity index (χ4v) is 2.83. The average Bonchev–Trinajstić information content (AvgIpc) is 2.56. The Hall–Kier alpha value is -1.50. The van der Waals surface area contributed by atoms with E-state index in [0.717, 1.165) is 5.56 Å². The molecule has 1 saturated carbocycles. The summed E-state index contributed by atoms with van der Waals surface area (Å²) in [6.45, 7) is 1.76. The minimum atomic E-state index is -0.770. The van der Waals surface area contributed by atoms with Gasteiger partial charge in [-0.15, -0.1) is 0 Å². The number of aliphatic carboxylic acids is 1. The number of nitrogens with one attached hydrogen (secondary N) is 1. The molecule has 2 rings (SSSR count). The van der Waals surface area contributed by atoms with Crippen molar-refractivity contribution in [3.05, 3.63) is 29.8 Å². The van der Waals surface area contributed by atoms with Crippen LogP contribution in [-0.2, 0) is 9.59 Å². The molecule has 25 heavy (non-hydrogen) atoms. The second kappa shape index (κ2) is 9.27. The van der Waals surface area contributed by atoms with Gasteiger partial charge in [0.15, 0.2) is 11.5 Å². The Kier molecular flexibility index (Phi) is 7.99. The Labute approximate surface area is 169 Å². The van der Waals surface area contributed by atoms with Gasteiger partial charge in [0.1, 0.15) is 0 Å². The normalized spacial score (nSPS) is 22.9. The zero-order chi connectivity index (χ0) is 17.7. The number of benzene rings is 1. The van der Waals surface area contributed by atoms with Crippen LogP contribution >= 0.6 is 0 Å². The van der Waals surface area contributed by atoms with Crippen molar-refractivity contribution in [2.24, 2.45) is 5.41 Å². The maximum atomic E-state index is 12.0. The molecule has 1 fully saturated rings. The van der Waals surface area contributed by atoms with E-state index in [-0.39, 0.29) is 47.3 Å². The number of carbonyl (C=O) groups excluding carboxylic acids is 1. The third-order valence-corrected chi connectivity index (χ3v) is 4.58. The van der Waals surface area contributed by atoms with Gasteiger partial charge in [0.25, 0.3) is 0 Å². The molecule has 0 spiro atoms. The second-order valence-corrected chi connectivity index (χ2v) is 6.41. The van der Waals surface area contributed by atoms with E-state index < -0.39 is 11.4 Å². The van der Waals surface area contributed by atoms with E-state index in [1.165, 1.54) is 19.3 Å². The Bertz CT molecular complexity index is 651. The van der Waals surface area contributed by atoms with Gasteiger partial charge < -0.3 is 20.3 Å². The molecule has 7 heteroatoms. The molecular weight excluding hydrogens is 333 g/mol. The van der Waals surface area contributed by atoms with Crippen LogP contribution in [0.1, 0.15) is 38.2 Å². The van der Waals surface area contributed by atoms with Crippen molar-refractivity contribution in [3.8, 4) is 11.5 Å². The first-order chi connectivity index (χ1) is 11.3.